The van der Waals surface area contributed by atoms with Gasteiger partial charge in [-0.25, -0.2) is 13.1 Å². The molecule has 0 aliphatic carbocycles. The molecular formula is C9H22N2O3S. The Morgan fingerprint density at radius 2 is 2.07 bits per heavy atom. The van der Waals surface area contributed by atoms with E-state index >= 15 is 0 Å². The van der Waals surface area contributed by atoms with Crippen molar-refractivity contribution in [2.24, 2.45) is 5.73 Å². The first kappa shape index (κ1) is 14.8. The van der Waals surface area contributed by atoms with E-state index in [1.165, 1.54) is 0 Å². The molecule has 6 heteroatoms. The zero-order chi connectivity index (χ0) is 11.7. The van der Waals surface area contributed by atoms with Gasteiger partial charge in [-0.15, -0.1) is 0 Å². The van der Waals surface area contributed by atoms with Crippen molar-refractivity contribution in [3.63, 3.8) is 0 Å². The molecule has 0 aromatic heterocycles. The SMILES string of the molecule is CCC(COC)NS(=O)(=O)CCCCN. The molecule has 0 rings (SSSR count). The minimum absolute atomic E-state index is 0.127. The van der Waals surface area contributed by atoms with Crippen LogP contribution in [-0.2, 0) is 14.8 Å². The predicted molar refractivity (Wildman–Crippen MR) is 61.2 cm³/mol. The van der Waals surface area contributed by atoms with Crippen LogP contribution in [0.25, 0.3) is 0 Å². The molecule has 1 atom stereocenters. The summed E-state index contributed by atoms with van der Waals surface area (Å²) < 4.78 is 30.6. The maximum Gasteiger partial charge on any atom is 0.211 e. The molecular weight excluding hydrogens is 216 g/mol. The van der Waals surface area contributed by atoms with Crippen LogP contribution in [-0.4, -0.2) is 40.5 Å². The van der Waals surface area contributed by atoms with Crippen molar-refractivity contribution in [1.29, 1.82) is 0 Å². The quantitative estimate of drug-likeness (QED) is 0.557. The lowest BCUT2D eigenvalue weighted by Gasteiger charge is -2.15. The number of nitrogens with two attached hydrogens (primary N) is 1. The molecule has 0 aliphatic rings. The molecule has 0 aromatic rings. The smallest absolute Gasteiger partial charge is 0.211 e. The summed E-state index contributed by atoms with van der Waals surface area (Å²) in [5.74, 6) is 0.143. The van der Waals surface area contributed by atoms with Crippen LogP contribution in [0.5, 0.6) is 0 Å². The van der Waals surface area contributed by atoms with Crippen molar-refractivity contribution in [2.75, 3.05) is 26.0 Å². The average Bonchev–Trinajstić information content (AvgIpc) is 2.17. The Hall–Kier alpha value is -0.170. The molecule has 0 fully saturated rings. The average molecular weight is 238 g/mol. The topological polar surface area (TPSA) is 81.4 Å². The molecule has 0 heterocycles. The van der Waals surface area contributed by atoms with Crippen molar-refractivity contribution < 1.29 is 13.2 Å². The van der Waals surface area contributed by atoms with Gasteiger partial charge in [0.2, 0.25) is 10.0 Å². The first-order chi connectivity index (χ1) is 7.05. The Morgan fingerprint density at radius 3 is 2.53 bits per heavy atom. The normalized spacial score (nSPS) is 14.1. The van der Waals surface area contributed by atoms with Gasteiger partial charge in [-0.1, -0.05) is 6.92 Å². The lowest BCUT2D eigenvalue weighted by molar-refractivity contribution is 0.173. The Balaban J connectivity index is 3.99. The third kappa shape index (κ3) is 7.72. The molecule has 0 amide bonds. The van der Waals surface area contributed by atoms with E-state index in [4.69, 9.17) is 10.5 Å². The third-order valence-electron chi connectivity index (χ3n) is 2.07. The highest BCUT2D eigenvalue weighted by atomic mass is 32.2. The summed E-state index contributed by atoms with van der Waals surface area (Å²) in [4.78, 5) is 0. The number of rotatable bonds is 9. The maximum absolute atomic E-state index is 11.5. The number of ether oxygens (including phenoxy) is 1. The van der Waals surface area contributed by atoms with E-state index in [1.807, 2.05) is 6.92 Å². The molecule has 0 saturated carbocycles. The van der Waals surface area contributed by atoms with Crippen LogP contribution in [0.3, 0.4) is 0 Å². The maximum atomic E-state index is 11.5. The van der Waals surface area contributed by atoms with Gasteiger partial charge >= 0.3 is 0 Å². The van der Waals surface area contributed by atoms with Crippen LogP contribution in [0.15, 0.2) is 0 Å². The van der Waals surface area contributed by atoms with Crippen molar-refractivity contribution in [3.05, 3.63) is 0 Å². The molecule has 92 valence electrons. The van der Waals surface area contributed by atoms with E-state index < -0.39 is 10.0 Å². The second kappa shape index (κ2) is 8.04. The Kier molecular flexibility index (Phi) is 7.95. The lowest BCUT2D eigenvalue weighted by atomic mass is 10.3. The minimum atomic E-state index is -3.17. The molecule has 1 unspecified atom stereocenters. The summed E-state index contributed by atoms with van der Waals surface area (Å²) in [6, 6.07) is -0.127. The highest BCUT2D eigenvalue weighted by Crippen LogP contribution is 1.98. The first-order valence-corrected chi connectivity index (χ1v) is 6.90. The van der Waals surface area contributed by atoms with Gasteiger partial charge in [0.05, 0.1) is 12.4 Å². The summed E-state index contributed by atoms with van der Waals surface area (Å²) in [5.41, 5.74) is 5.30. The van der Waals surface area contributed by atoms with Crippen LogP contribution in [0.1, 0.15) is 26.2 Å². The molecule has 0 spiro atoms. The van der Waals surface area contributed by atoms with Crippen molar-refractivity contribution in [3.8, 4) is 0 Å². The van der Waals surface area contributed by atoms with E-state index in [1.54, 1.807) is 7.11 Å². The number of nitrogens with one attached hydrogen (secondary N) is 1. The zero-order valence-electron chi connectivity index (χ0n) is 9.53. The Morgan fingerprint density at radius 1 is 1.40 bits per heavy atom. The Labute approximate surface area is 92.4 Å². The summed E-state index contributed by atoms with van der Waals surface area (Å²) >= 11 is 0. The molecule has 15 heavy (non-hydrogen) atoms. The highest BCUT2D eigenvalue weighted by molar-refractivity contribution is 7.89. The van der Waals surface area contributed by atoms with E-state index in [0.29, 0.717) is 19.6 Å². The number of sulfonamides is 1. The van der Waals surface area contributed by atoms with Gasteiger partial charge in [0.15, 0.2) is 0 Å². The van der Waals surface area contributed by atoms with Gasteiger partial charge in [0, 0.05) is 13.2 Å². The van der Waals surface area contributed by atoms with Gasteiger partial charge in [0.25, 0.3) is 0 Å². The fourth-order valence-corrected chi connectivity index (χ4v) is 2.63. The molecule has 0 saturated heterocycles. The van der Waals surface area contributed by atoms with Gasteiger partial charge in [0.1, 0.15) is 0 Å². The van der Waals surface area contributed by atoms with Crippen LogP contribution in [0.2, 0.25) is 0 Å². The van der Waals surface area contributed by atoms with Crippen molar-refractivity contribution in [1.82, 2.24) is 4.72 Å². The second-order valence-corrected chi connectivity index (χ2v) is 5.37. The third-order valence-corrected chi connectivity index (χ3v) is 3.59. The minimum Gasteiger partial charge on any atom is -0.383 e. The van der Waals surface area contributed by atoms with E-state index in [0.717, 1.165) is 12.8 Å². The fourth-order valence-electron chi connectivity index (χ4n) is 1.19. The predicted octanol–water partition coefficient (Wildman–Crippen LogP) is 0.0697. The summed E-state index contributed by atoms with van der Waals surface area (Å²) in [5, 5.41) is 0. The van der Waals surface area contributed by atoms with Crippen LogP contribution in [0.4, 0.5) is 0 Å². The number of hydrogen-bond donors (Lipinski definition) is 2. The summed E-state index contributed by atoms with van der Waals surface area (Å²) in [6.45, 7) is 2.86. The van der Waals surface area contributed by atoms with E-state index in [-0.39, 0.29) is 11.8 Å². The van der Waals surface area contributed by atoms with E-state index in [9.17, 15) is 8.42 Å². The van der Waals surface area contributed by atoms with Crippen LogP contribution < -0.4 is 10.5 Å². The molecule has 0 aromatic carbocycles. The van der Waals surface area contributed by atoms with Gasteiger partial charge in [-0.3, -0.25) is 0 Å². The van der Waals surface area contributed by atoms with Gasteiger partial charge in [-0.2, -0.15) is 0 Å². The fraction of sp³-hybridized carbons (Fsp3) is 1.00. The van der Waals surface area contributed by atoms with Crippen LogP contribution >= 0.6 is 0 Å². The number of methoxy groups -OCH3 is 1. The molecule has 0 radical (unpaired) electrons. The van der Waals surface area contributed by atoms with Crippen molar-refractivity contribution >= 4 is 10.0 Å². The highest BCUT2D eigenvalue weighted by Gasteiger charge is 2.15. The van der Waals surface area contributed by atoms with Crippen molar-refractivity contribution in [2.45, 2.75) is 32.2 Å². The molecule has 0 bridgehead atoms. The second-order valence-electron chi connectivity index (χ2n) is 3.49. The number of hydrogen-bond acceptors (Lipinski definition) is 4. The number of unbranched alkanes of at least 4 members (excludes halogenated alkanes) is 1. The summed E-state index contributed by atoms with van der Waals surface area (Å²) in [6.07, 6.45) is 2.07. The zero-order valence-corrected chi connectivity index (χ0v) is 10.3. The largest absolute Gasteiger partial charge is 0.383 e. The van der Waals surface area contributed by atoms with Gasteiger partial charge in [-0.05, 0) is 25.8 Å². The molecule has 5 nitrogen and oxygen atoms in total. The van der Waals surface area contributed by atoms with E-state index in [2.05, 4.69) is 4.72 Å². The lowest BCUT2D eigenvalue weighted by Crippen LogP contribution is -2.38. The standard InChI is InChI=1S/C9H22N2O3S/c1-3-9(8-14-2)11-15(12,13)7-5-4-6-10/h9,11H,3-8,10H2,1-2H3. The molecule has 3 N–H and O–H groups in total. The molecule has 0 aliphatic heterocycles. The van der Waals surface area contributed by atoms with Gasteiger partial charge < -0.3 is 10.5 Å². The Bertz CT molecular complexity index is 242. The van der Waals surface area contributed by atoms with Crippen LogP contribution in [0, 0.1) is 0 Å². The first-order valence-electron chi connectivity index (χ1n) is 5.24. The summed E-state index contributed by atoms with van der Waals surface area (Å²) in [7, 11) is -1.61. The monoisotopic (exact) mass is 238 g/mol.